The van der Waals surface area contributed by atoms with E-state index in [9.17, 15) is 0 Å². The summed E-state index contributed by atoms with van der Waals surface area (Å²) >= 11 is 5.98. The Morgan fingerprint density at radius 3 is 2.33 bits per heavy atom. The average Bonchev–Trinajstić information content (AvgIpc) is 2.04. The van der Waals surface area contributed by atoms with Gasteiger partial charge in [-0.15, -0.1) is 0 Å². The van der Waals surface area contributed by atoms with Crippen molar-refractivity contribution in [1.82, 2.24) is 0 Å². The van der Waals surface area contributed by atoms with Crippen LogP contribution in [0.5, 0.6) is 0 Å². The topological polar surface area (TPSA) is 26.0 Å². The van der Waals surface area contributed by atoms with Crippen molar-refractivity contribution in [2.24, 2.45) is 11.7 Å². The average molecular weight is 184 g/mol. The molecule has 0 saturated heterocycles. The normalized spacial score (nSPS) is 13.4. The molecule has 0 fully saturated rings. The van der Waals surface area contributed by atoms with Crippen LogP contribution < -0.4 is 5.73 Å². The van der Waals surface area contributed by atoms with Crippen LogP contribution in [0.1, 0.15) is 25.5 Å². The van der Waals surface area contributed by atoms with E-state index in [4.69, 9.17) is 17.3 Å². The Hall–Kier alpha value is -0.530. The largest absolute Gasteiger partial charge is 0.324 e. The van der Waals surface area contributed by atoms with Crippen LogP contribution in [0.15, 0.2) is 24.3 Å². The van der Waals surface area contributed by atoms with Crippen LogP contribution in [0.3, 0.4) is 0 Å². The fraction of sp³-hybridized carbons (Fsp3) is 0.400. The Morgan fingerprint density at radius 1 is 1.25 bits per heavy atom. The molecule has 66 valence electrons. The smallest absolute Gasteiger partial charge is 0.0453 e. The number of nitrogens with two attached hydrogens (primary N) is 1. The number of rotatable bonds is 2. The second-order valence-electron chi connectivity index (χ2n) is 3.29. The first-order valence-electron chi connectivity index (χ1n) is 4.13. The van der Waals surface area contributed by atoms with E-state index in [0.717, 1.165) is 10.6 Å². The maximum Gasteiger partial charge on any atom is 0.0453 e. The van der Waals surface area contributed by atoms with Crippen molar-refractivity contribution in [1.29, 1.82) is 0 Å². The highest BCUT2D eigenvalue weighted by atomic mass is 35.5. The van der Waals surface area contributed by atoms with E-state index in [2.05, 4.69) is 13.8 Å². The minimum Gasteiger partial charge on any atom is -0.324 e. The number of hydrogen-bond donors (Lipinski definition) is 1. The highest BCUT2D eigenvalue weighted by molar-refractivity contribution is 6.31. The SMILES string of the molecule is CC(C)C(N)c1ccccc1Cl. The van der Waals surface area contributed by atoms with Gasteiger partial charge in [0.2, 0.25) is 0 Å². The van der Waals surface area contributed by atoms with Gasteiger partial charge in [0.15, 0.2) is 0 Å². The van der Waals surface area contributed by atoms with E-state index in [1.807, 2.05) is 24.3 Å². The molecule has 1 atom stereocenters. The summed E-state index contributed by atoms with van der Waals surface area (Å²) in [6.45, 7) is 4.18. The summed E-state index contributed by atoms with van der Waals surface area (Å²) in [5, 5.41) is 0.763. The van der Waals surface area contributed by atoms with Gasteiger partial charge in [-0.25, -0.2) is 0 Å². The highest BCUT2D eigenvalue weighted by Crippen LogP contribution is 2.25. The second-order valence-corrected chi connectivity index (χ2v) is 3.70. The Kier molecular flexibility index (Phi) is 3.12. The zero-order valence-electron chi connectivity index (χ0n) is 7.42. The van der Waals surface area contributed by atoms with E-state index in [1.165, 1.54) is 0 Å². The number of halogens is 1. The van der Waals surface area contributed by atoms with Crippen molar-refractivity contribution < 1.29 is 0 Å². The van der Waals surface area contributed by atoms with Crippen LogP contribution in [0, 0.1) is 5.92 Å². The number of hydrogen-bond acceptors (Lipinski definition) is 1. The van der Waals surface area contributed by atoms with Crippen molar-refractivity contribution in [3.8, 4) is 0 Å². The molecule has 0 aliphatic rings. The summed E-state index contributed by atoms with van der Waals surface area (Å²) in [5.74, 6) is 0.421. The van der Waals surface area contributed by atoms with Crippen molar-refractivity contribution in [2.75, 3.05) is 0 Å². The lowest BCUT2D eigenvalue weighted by molar-refractivity contribution is 0.514. The van der Waals surface area contributed by atoms with Crippen LogP contribution in [0.4, 0.5) is 0 Å². The summed E-state index contributed by atoms with van der Waals surface area (Å²) in [6, 6.07) is 7.77. The van der Waals surface area contributed by atoms with Gasteiger partial charge < -0.3 is 5.73 Å². The molecule has 1 unspecified atom stereocenters. The first-order chi connectivity index (χ1) is 5.63. The van der Waals surface area contributed by atoms with Crippen molar-refractivity contribution in [3.05, 3.63) is 34.9 Å². The van der Waals surface area contributed by atoms with Gasteiger partial charge in [0, 0.05) is 11.1 Å². The van der Waals surface area contributed by atoms with Gasteiger partial charge >= 0.3 is 0 Å². The zero-order valence-corrected chi connectivity index (χ0v) is 8.18. The minimum absolute atomic E-state index is 0.0405. The Morgan fingerprint density at radius 2 is 1.83 bits per heavy atom. The molecule has 0 radical (unpaired) electrons. The molecule has 2 N–H and O–H groups in total. The summed E-state index contributed by atoms with van der Waals surface area (Å²) < 4.78 is 0. The quantitative estimate of drug-likeness (QED) is 0.750. The summed E-state index contributed by atoms with van der Waals surface area (Å²) in [4.78, 5) is 0. The second kappa shape index (κ2) is 3.92. The Bertz CT molecular complexity index is 258. The maximum absolute atomic E-state index is 5.98. The van der Waals surface area contributed by atoms with Gasteiger partial charge in [0.25, 0.3) is 0 Å². The molecule has 1 aromatic carbocycles. The van der Waals surface area contributed by atoms with Crippen molar-refractivity contribution in [2.45, 2.75) is 19.9 Å². The molecular weight excluding hydrogens is 170 g/mol. The minimum atomic E-state index is 0.0405. The molecular formula is C10H14ClN. The molecule has 0 aromatic heterocycles. The first kappa shape index (κ1) is 9.56. The zero-order chi connectivity index (χ0) is 9.14. The third kappa shape index (κ3) is 1.99. The van der Waals surface area contributed by atoms with Gasteiger partial charge in [-0.1, -0.05) is 43.6 Å². The molecule has 1 rings (SSSR count). The molecule has 1 aromatic rings. The molecule has 12 heavy (non-hydrogen) atoms. The molecule has 0 amide bonds. The van der Waals surface area contributed by atoms with Gasteiger partial charge in [0.1, 0.15) is 0 Å². The summed E-state index contributed by atoms with van der Waals surface area (Å²) in [7, 11) is 0. The third-order valence-electron chi connectivity index (χ3n) is 1.98. The Balaban J connectivity index is 2.94. The standard InChI is InChI=1S/C10H14ClN/c1-7(2)10(12)8-5-3-4-6-9(8)11/h3-7,10H,12H2,1-2H3. The first-order valence-corrected chi connectivity index (χ1v) is 4.50. The van der Waals surface area contributed by atoms with Gasteiger partial charge in [-0.3, -0.25) is 0 Å². The molecule has 2 heteroatoms. The van der Waals surface area contributed by atoms with E-state index < -0.39 is 0 Å². The molecule has 0 aliphatic heterocycles. The summed E-state index contributed by atoms with van der Waals surface area (Å²) in [6.07, 6.45) is 0. The van der Waals surface area contributed by atoms with Crippen LogP contribution in [0.2, 0.25) is 5.02 Å². The monoisotopic (exact) mass is 183 g/mol. The molecule has 1 nitrogen and oxygen atoms in total. The van der Waals surface area contributed by atoms with E-state index >= 15 is 0 Å². The van der Waals surface area contributed by atoms with Crippen molar-refractivity contribution in [3.63, 3.8) is 0 Å². The molecule has 0 aliphatic carbocycles. The molecule has 0 bridgehead atoms. The van der Waals surface area contributed by atoms with E-state index in [-0.39, 0.29) is 6.04 Å². The predicted molar refractivity (Wildman–Crippen MR) is 53.2 cm³/mol. The van der Waals surface area contributed by atoms with E-state index in [0.29, 0.717) is 5.92 Å². The maximum atomic E-state index is 5.98. The van der Waals surface area contributed by atoms with Gasteiger partial charge in [0.05, 0.1) is 0 Å². The van der Waals surface area contributed by atoms with E-state index in [1.54, 1.807) is 0 Å². The molecule has 0 heterocycles. The number of benzene rings is 1. The van der Waals surface area contributed by atoms with Gasteiger partial charge in [-0.05, 0) is 17.5 Å². The predicted octanol–water partition coefficient (Wildman–Crippen LogP) is 3.00. The lowest BCUT2D eigenvalue weighted by atomic mass is 9.97. The lowest BCUT2D eigenvalue weighted by Gasteiger charge is -2.16. The van der Waals surface area contributed by atoms with Gasteiger partial charge in [-0.2, -0.15) is 0 Å². The third-order valence-corrected chi connectivity index (χ3v) is 2.33. The fourth-order valence-electron chi connectivity index (χ4n) is 1.10. The summed E-state index contributed by atoms with van der Waals surface area (Å²) in [5.41, 5.74) is 6.99. The fourth-order valence-corrected chi connectivity index (χ4v) is 1.37. The lowest BCUT2D eigenvalue weighted by Crippen LogP contribution is -2.16. The Labute approximate surface area is 78.5 Å². The highest BCUT2D eigenvalue weighted by Gasteiger charge is 2.12. The van der Waals surface area contributed by atoms with Crippen LogP contribution in [-0.4, -0.2) is 0 Å². The van der Waals surface area contributed by atoms with Crippen molar-refractivity contribution >= 4 is 11.6 Å². The van der Waals surface area contributed by atoms with Crippen LogP contribution >= 0.6 is 11.6 Å². The van der Waals surface area contributed by atoms with Crippen LogP contribution in [0.25, 0.3) is 0 Å². The molecule has 0 saturated carbocycles. The van der Waals surface area contributed by atoms with Crippen LogP contribution in [-0.2, 0) is 0 Å². The molecule has 0 spiro atoms.